The van der Waals surface area contributed by atoms with Crippen molar-refractivity contribution in [3.05, 3.63) is 60.7 Å². The topological polar surface area (TPSA) is 21.7 Å². The first-order chi connectivity index (χ1) is 9.75. The van der Waals surface area contributed by atoms with Gasteiger partial charge in [-0.05, 0) is 38.4 Å². The summed E-state index contributed by atoms with van der Waals surface area (Å²) in [7, 11) is 4.07. The molecule has 0 atom stereocenters. The number of nitrogens with zero attached hydrogens (tertiary/aromatic N) is 1. The van der Waals surface area contributed by atoms with Crippen LogP contribution in [0.3, 0.4) is 0 Å². The summed E-state index contributed by atoms with van der Waals surface area (Å²) >= 11 is 0. The molecule has 0 aromatic heterocycles. The van der Waals surface area contributed by atoms with Crippen molar-refractivity contribution in [1.82, 2.24) is 4.90 Å². The molecule has 3 heteroatoms. The molecule has 0 amide bonds. The van der Waals surface area contributed by atoms with E-state index in [-0.39, 0.29) is 6.04 Å². The molecule has 0 aliphatic rings. The zero-order valence-corrected chi connectivity index (χ0v) is 12.0. The van der Waals surface area contributed by atoms with E-state index in [1.807, 2.05) is 74.8 Å². The van der Waals surface area contributed by atoms with Crippen LogP contribution >= 0.6 is 0 Å². The lowest BCUT2D eigenvalue weighted by atomic mass is 10.3. The van der Waals surface area contributed by atoms with Gasteiger partial charge in [-0.15, -0.1) is 0 Å². The van der Waals surface area contributed by atoms with Crippen molar-refractivity contribution < 1.29 is 9.47 Å². The fourth-order valence-electron chi connectivity index (χ4n) is 1.76. The van der Waals surface area contributed by atoms with Crippen LogP contribution in [0.1, 0.15) is 0 Å². The van der Waals surface area contributed by atoms with Gasteiger partial charge >= 0.3 is 0 Å². The SMILES string of the molecule is CN(C)C(COc1ccccc1)COc1ccccc1. The Morgan fingerprint density at radius 3 is 1.50 bits per heavy atom. The Bertz CT molecular complexity index is 441. The molecule has 0 unspecified atom stereocenters. The summed E-state index contributed by atoms with van der Waals surface area (Å²) in [4.78, 5) is 2.12. The molecule has 0 spiro atoms. The average Bonchev–Trinajstić information content (AvgIpc) is 2.49. The van der Waals surface area contributed by atoms with Gasteiger partial charge in [0.05, 0.1) is 6.04 Å². The molecule has 0 aliphatic carbocycles. The molecule has 2 aromatic rings. The van der Waals surface area contributed by atoms with Crippen LogP contribution in [0.2, 0.25) is 0 Å². The number of rotatable bonds is 7. The summed E-state index contributed by atoms with van der Waals surface area (Å²) in [5, 5.41) is 0. The van der Waals surface area contributed by atoms with E-state index in [4.69, 9.17) is 9.47 Å². The largest absolute Gasteiger partial charge is 0.492 e. The van der Waals surface area contributed by atoms with Gasteiger partial charge in [0.15, 0.2) is 0 Å². The smallest absolute Gasteiger partial charge is 0.119 e. The lowest BCUT2D eigenvalue weighted by Gasteiger charge is -2.24. The summed E-state index contributed by atoms with van der Waals surface area (Å²) in [5.41, 5.74) is 0. The van der Waals surface area contributed by atoms with Crippen LogP contribution in [0.25, 0.3) is 0 Å². The van der Waals surface area contributed by atoms with Crippen LogP contribution in [0.4, 0.5) is 0 Å². The second-order valence-electron chi connectivity index (χ2n) is 4.87. The highest BCUT2D eigenvalue weighted by molar-refractivity contribution is 5.22. The van der Waals surface area contributed by atoms with E-state index in [2.05, 4.69) is 4.90 Å². The highest BCUT2D eigenvalue weighted by atomic mass is 16.5. The van der Waals surface area contributed by atoms with Gasteiger partial charge in [0, 0.05) is 0 Å². The van der Waals surface area contributed by atoms with E-state index < -0.39 is 0 Å². The number of hydrogen-bond donors (Lipinski definition) is 0. The maximum atomic E-state index is 5.80. The van der Waals surface area contributed by atoms with Gasteiger partial charge < -0.3 is 14.4 Å². The first-order valence-corrected chi connectivity index (χ1v) is 6.78. The molecular weight excluding hydrogens is 250 g/mol. The predicted molar refractivity (Wildman–Crippen MR) is 81.3 cm³/mol. The van der Waals surface area contributed by atoms with Crippen molar-refractivity contribution in [3.8, 4) is 11.5 Å². The molecule has 0 fully saturated rings. The Labute approximate surface area is 120 Å². The third-order valence-corrected chi connectivity index (χ3v) is 3.10. The van der Waals surface area contributed by atoms with Crippen molar-refractivity contribution in [2.45, 2.75) is 6.04 Å². The molecule has 0 bridgehead atoms. The number of likely N-dealkylation sites (N-methyl/N-ethyl adjacent to an activating group) is 1. The minimum atomic E-state index is 0.204. The molecule has 0 heterocycles. The fraction of sp³-hybridized carbons (Fsp3) is 0.294. The maximum absolute atomic E-state index is 5.80. The van der Waals surface area contributed by atoms with E-state index >= 15 is 0 Å². The van der Waals surface area contributed by atoms with Crippen LogP contribution in [-0.4, -0.2) is 38.3 Å². The van der Waals surface area contributed by atoms with Crippen molar-refractivity contribution in [1.29, 1.82) is 0 Å². The van der Waals surface area contributed by atoms with E-state index in [1.54, 1.807) is 0 Å². The Morgan fingerprint density at radius 2 is 1.15 bits per heavy atom. The monoisotopic (exact) mass is 271 g/mol. The first kappa shape index (κ1) is 14.4. The Balaban J connectivity index is 1.84. The summed E-state index contributed by atoms with van der Waals surface area (Å²) in [6.45, 7) is 1.20. The van der Waals surface area contributed by atoms with E-state index in [9.17, 15) is 0 Å². The summed E-state index contributed by atoms with van der Waals surface area (Å²) in [6.07, 6.45) is 0. The Kier molecular flexibility index (Phi) is 5.44. The number of benzene rings is 2. The van der Waals surface area contributed by atoms with Crippen molar-refractivity contribution in [3.63, 3.8) is 0 Å². The lowest BCUT2D eigenvalue weighted by molar-refractivity contribution is 0.129. The third kappa shape index (κ3) is 4.59. The highest BCUT2D eigenvalue weighted by Crippen LogP contribution is 2.12. The van der Waals surface area contributed by atoms with Gasteiger partial charge in [-0.2, -0.15) is 0 Å². The zero-order chi connectivity index (χ0) is 14.2. The number of ether oxygens (including phenoxy) is 2. The second kappa shape index (κ2) is 7.56. The Hall–Kier alpha value is -2.00. The molecule has 0 N–H and O–H groups in total. The number of para-hydroxylation sites is 2. The van der Waals surface area contributed by atoms with Crippen molar-refractivity contribution >= 4 is 0 Å². The first-order valence-electron chi connectivity index (χ1n) is 6.78. The van der Waals surface area contributed by atoms with Crippen LogP contribution < -0.4 is 9.47 Å². The third-order valence-electron chi connectivity index (χ3n) is 3.10. The normalized spacial score (nSPS) is 10.8. The van der Waals surface area contributed by atoms with Gasteiger partial charge in [-0.25, -0.2) is 0 Å². The van der Waals surface area contributed by atoms with Crippen LogP contribution in [0.15, 0.2) is 60.7 Å². The lowest BCUT2D eigenvalue weighted by Crippen LogP contribution is -2.38. The molecule has 2 aromatic carbocycles. The van der Waals surface area contributed by atoms with Gasteiger partial charge in [-0.3, -0.25) is 0 Å². The summed E-state index contributed by atoms with van der Waals surface area (Å²) in [6, 6.07) is 19.9. The van der Waals surface area contributed by atoms with E-state index in [0.717, 1.165) is 11.5 Å². The van der Waals surface area contributed by atoms with Gasteiger partial charge in [0.1, 0.15) is 24.7 Å². The molecule has 0 radical (unpaired) electrons. The van der Waals surface area contributed by atoms with Crippen molar-refractivity contribution in [2.24, 2.45) is 0 Å². The summed E-state index contributed by atoms with van der Waals surface area (Å²) < 4.78 is 11.6. The molecular formula is C17H21NO2. The average molecular weight is 271 g/mol. The van der Waals surface area contributed by atoms with Crippen LogP contribution in [-0.2, 0) is 0 Å². The summed E-state index contributed by atoms with van der Waals surface area (Å²) in [5.74, 6) is 1.78. The maximum Gasteiger partial charge on any atom is 0.119 e. The molecule has 3 nitrogen and oxygen atoms in total. The standard InChI is InChI=1S/C17H21NO2/c1-18(2)15(13-19-16-9-5-3-6-10-16)14-20-17-11-7-4-8-12-17/h3-12,15H,13-14H2,1-2H3. The molecule has 106 valence electrons. The van der Waals surface area contributed by atoms with Gasteiger partial charge in [-0.1, -0.05) is 36.4 Å². The second-order valence-corrected chi connectivity index (χ2v) is 4.87. The molecule has 2 rings (SSSR count). The van der Waals surface area contributed by atoms with Crippen molar-refractivity contribution in [2.75, 3.05) is 27.3 Å². The molecule has 0 saturated carbocycles. The fourth-order valence-corrected chi connectivity index (χ4v) is 1.76. The van der Waals surface area contributed by atoms with Crippen LogP contribution in [0.5, 0.6) is 11.5 Å². The minimum Gasteiger partial charge on any atom is -0.492 e. The van der Waals surface area contributed by atoms with Crippen LogP contribution in [0, 0.1) is 0 Å². The predicted octanol–water partition coefficient (Wildman–Crippen LogP) is 3.07. The molecule has 0 saturated heterocycles. The highest BCUT2D eigenvalue weighted by Gasteiger charge is 2.13. The number of hydrogen-bond acceptors (Lipinski definition) is 3. The minimum absolute atomic E-state index is 0.204. The zero-order valence-electron chi connectivity index (χ0n) is 12.0. The van der Waals surface area contributed by atoms with E-state index in [1.165, 1.54) is 0 Å². The van der Waals surface area contributed by atoms with Gasteiger partial charge in [0.2, 0.25) is 0 Å². The Morgan fingerprint density at radius 1 is 0.750 bits per heavy atom. The molecule has 0 aliphatic heterocycles. The van der Waals surface area contributed by atoms with Gasteiger partial charge in [0.25, 0.3) is 0 Å². The quantitative estimate of drug-likeness (QED) is 0.772. The molecule has 20 heavy (non-hydrogen) atoms. The van der Waals surface area contributed by atoms with E-state index in [0.29, 0.717) is 13.2 Å².